The van der Waals surface area contributed by atoms with Gasteiger partial charge in [0.05, 0.1) is 29.7 Å². The van der Waals surface area contributed by atoms with Crippen molar-refractivity contribution in [1.82, 2.24) is 15.0 Å². The van der Waals surface area contributed by atoms with Crippen LogP contribution in [0.4, 0.5) is 30.6 Å². The first-order valence-corrected chi connectivity index (χ1v) is 11.3. The molecule has 0 spiro atoms. The third kappa shape index (κ3) is 7.21. The number of nitrogens with zero attached hydrogens (tertiary/aromatic N) is 2. The number of nitrogens with one attached hydrogen (secondary N) is 3. The van der Waals surface area contributed by atoms with E-state index >= 15 is 0 Å². The average molecular weight is 505 g/mol. The number of hydrogen-bond acceptors (Lipinski definition) is 9. The lowest BCUT2D eigenvalue weighted by Crippen LogP contribution is -2.21. The molecule has 2 aromatic heterocycles. The van der Waals surface area contributed by atoms with Crippen LogP contribution in [-0.4, -0.2) is 74.2 Å². The SMILES string of the molecule is COCCNc1nc(Nc2ccc(S(C)(=O)=O)cc2OC)nc2[nH]ccc12.O=C(O)C(F)(F)F. The summed E-state index contributed by atoms with van der Waals surface area (Å²) in [5, 5.41) is 14.3. The number of sulfone groups is 1. The minimum absolute atomic E-state index is 0.174. The normalized spacial score (nSPS) is 11.5. The van der Waals surface area contributed by atoms with Gasteiger partial charge in [0.15, 0.2) is 9.84 Å². The molecule has 0 amide bonds. The van der Waals surface area contributed by atoms with E-state index in [-0.39, 0.29) is 4.90 Å². The zero-order chi connectivity index (χ0) is 25.5. The quantitative estimate of drug-likeness (QED) is 0.336. The molecule has 0 saturated heterocycles. The van der Waals surface area contributed by atoms with Crippen molar-refractivity contribution in [2.45, 2.75) is 11.1 Å². The van der Waals surface area contributed by atoms with Crippen LogP contribution in [0.2, 0.25) is 0 Å². The van der Waals surface area contributed by atoms with Crippen LogP contribution in [0.1, 0.15) is 0 Å². The van der Waals surface area contributed by atoms with Gasteiger partial charge in [0.1, 0.15) is 17.2 Å². The number of alkyl halides is 3. The van der Waals surface area contributed by atoms with E-state index in [1.54, 1.807) is 19.4 Å². The maximum atomic E-state index is 11.7. The van der Waals surface area contributed by atoms with Crippen LogP contribution < -0.4 is 15.4 Å². The third-order valence-electron chi connectivity index (χ3n) is 4.10. The largest absolute Gasteiger partial charge is 0.495 e. The summed E-state index contributed by atoms with van der Waals surface area (Å²) >= 11 is 0. The number of aromatic amines is 1. The van der Waals surface area contributed by atoms with E-state index < -0.39 is 22.0 Å². The zero-order valence-corrected chi connectivity index (χ0v) is 19.0. The van der Waals surface area contributed by atoms with Crippen LogP contribution in [-0.2, 0) is 19.4 Å². The number of aromatic nitrogens is 3. The molecule has 186 valence electrons. The molecule has 4 N–H and O–H groups in total. The van der Waals surface area contributed by atoms with E-state index in [1.165, 1.54) is 19.2 Å². The Morgan fingerprint density at radius 2 is 1.88 bits per heavy atom. The van der Waals surface area contributed by atoms with Gasteiger partial charge in [-0.3, -0.25) is 0 Å². The summed E-state index contributed by atoms with van der Waals surface area (Å²) in [4.78, 5) is 21.1. The Kier molecular flexibility index (Phi) is 8.64. The number of fused-ring (bicyclic) bond motifs is 1. The summed E-state index contributed by atoms with van der Waals surface area (Å²) in [5.41, 5.74) is 1.22. The van der Waals surface area contributed by atoms with Gasteiger partial charge in [0.2, 0.25) is 5.95 Å². The van der Waals surface area contributed by atoms with Crippen LogP contribution in [0, 0.1) is 0 Å². The fraction of sp³-hybridized carbons (Fsp3) is 0.316. The zero-order valence-electron chi connectivity index (χ0n) is 18.2. The Hall–Kier alpha value is -3.59. The molecule has 0 radical (unpaired) electrons. The summed E-state index contributed by atoms with van der Waals surface area (Å²) < 4.78 is 65.6. The van der Waals surface area contributed by atoms with Crippen molar-refractivity contribution >= 4 is 44.3 Å². The van der Waals surface area contributed by atoms with Crippen LogP contribution in [0.3, 0.4) is 0 Å². The maximum absolute atomic E-state index is 11.7. The fourth-order valence-corrected chi connectivity index (χ4v) is 3.17. The van der Waals surface area contributed by atoms with Crippen molar-refractivity contribution in [1.29, 1.82) is 0 Å². The number of hydrogen-bond donors (Lipinski definition) is 4. The summed E-state index contributed by atoms with van der Waals surface area (Å²) in [6.07, 6.45) is -2.15. The molecule has 0 saturated carbocycles. The number of anilines is 3. The average Bonchev–Trinajstić information content (AvgIpc) is 3.22. The van der Waals surface area contributed by atoms with E-state index in [1.807, 2.05) is 6.07 Å². The van der Waals surface area contributed by atoms with Crippen LogP contribution >= 0.6 is 0 Å². The molecular weight excluding hydrogens is 483 g/mol. The standard InChI is InChI=1S/C17H21N5O4S.C2HF3O2/c1-25-9-8-19-16-12-6-7-18-15(12)21-17(22-16)20-13-5-4-11(27(3,23)24)10-14(13)26-2;3-2(4,5)1(6)7/h4-7,10H,8-9H2,1-3H3,(H3,18,19,20,21,22);(H,6,7). The number of carboxylic acid groups (broad SMARTS) is 1. The van der Waals surface area contributed by atoms with Gasteiger partial charge in [-0.25, -0.2) is 13.2 Å². The van der Waals surface area contributed by atoms with Crippen molar-refractivity contribution in [2.75, 3.05) is 44.3 Å². The van der Waals surface area contributed by atoms with E-state index in [9.17, 15) is 21.6 Å². The lowest BCUT2D eigenvalue weighted by Gasteiger charge is -2.13. The number of H-pyrrole nitrogens is 1. The number of carboxylic acids is 1. The molecule has 0 aliphatic rings. The Balaban J connectivity index is 0.000000509. The van der Waals surface area contributed by atoms with Gasteiger partial charge in [-0.2, -0.15) is 23.1 Å². The predicted molar refractivity (Wildman–Crippen MR) is 117 cm³/mol. The van der Waals surface area contributed by atoms with Crippen molar-refractivity contribution < 1.29 is 41.0 Å². The monoisotopic (exact) mass is 505 g/mol. The second-order valence-corrected chi connectivity index (χ2v) is 8.63. The molecule has 15 heteroatoms. The van der Waals surface area contributed by atoms with Gasteiger partial charge in [0, 0.05) is 32.2 Å². The smallest absolute Gasteiger partial charge is 0.490 e. The summed E-state index contributed by atoms with van der Waals surface area (Å²) in [6.45, 7) is 1.14. The van der Waals surface area contributed by atoms with Gasteiger partial charge in [-0.1, -0.05) is 0 Å². The van der Waals surface area contributed by atoms with Gasteiger partial charge in [-0.15, -0.1) is 0 Å². The number of halogens is 3. The molecule has 0 aliphatic heterocycles. The predicted octanol–water partition coefficient (Wildman–Crippen LogP) is 2.81. The summed E-state index contributed by atoms with van der Waals surface area (Å²) in [5.74, 6) is -1.38. The second-order valence-electron chi connectivity index (χ2n) is 6.62. The van der Waals surface area contributed by atoms with Crippen LogP contribution in [0.5, 0.6) is 5.75 Å². The van der Waals surface area contributed by atoms with Gasteiger partial charge in [-0.05, 0) is 18.2 Å². The number of ether oxygens (including phenoxy) is 2. The van der Waals surface area contributed by atoms with Gasteiger partial charge >= 0.3 is 12.1 Å². The summed E-state index contributed by atoms with van der Waals surface area (Å²) in [6, 6.07) is 6.47. The second kappa shape index (κ2) is 11.0. The first kappa shape index (κ1) is 26.7. The van der Waals surface area contributed by atoms with Crippen molar-refractivity contribution in [3.05, 3.63) is 30.5 Å². The lowest BCUT2D eigenvalue weighted by atomic mass is 10.3. The van der Waals surface area contributed by atoms with E-state index in [2.05, 4.69) is 25.6 Å². The molecule has 0 aliphatic carbocycles. The number of carbonyl (C=O) groups is 1. The number of benzene rings is 1. The Morgan fingerprint density at radius 3 is 2.44 bits per heavy atom. The molecule has 34 heavy (non-hydrogen) atoms. The topological polar surface area (TPSA) is 156 Å². The Bertz CT molecular complexity index is 1250. The molecule has 0 unspecified atom stereocenters. The molecular formula is C19H22F3N5O6S. The highest BCUT2D eigenvalue weighted by atomic mass is 32.2. The fourth-order valence-electron chi connectivity index (χ4n) is 2.53. The molecule has 2 heterocycles. The molecule has 0 atom stereocenters. The first-order valence-electron chi connectivity index (χ1n) is 9.40. The molecule has 0 bridgehead atoms. The van der Waals surface area contributed by atoms with Crippen molar-refractivity contribution in [3.63, 3.8) is 0 Å². The number of aliphatic carboxylic acids is 1. The molecule has 0 fully saturated rings. The van der Waals surface area contributed by atoms with E-state index in [0.29, 0.717) is 42.0 Å². The van der Waals surface area contributed by atoms with Gasteiger partial charge in [0.25, 0.3) is 0 Å². The lowest BCUT2D eigenvalue weighted by molar-refractivity contribution is -0.192. The van der Waals surface area contributed by atoms with E-state index in [0.717, 1.165) is 11.6 Å². The molecule has 3 aromatic rings. The Morgan fingerprint density at radius 1 is 1.21 bits per heavy atom. The van der Waals surface area contributed by atoms with Crippen LogP contribution in [0.25, 0.3) is 11.0 Å². The third-order valence-corrected chi connectivity index (χ3v) is 5.21. The van der Waals surface area contributed by atoms with Crippen molar-refractivity contribution in [3.8, 4) is 5.75 Å². The van der Waals surface area contributed by atoms with Crippen molar-refractivity contribution in [2.24, 2.45) is 0 Å². The highest BCUT2D eigenvalue weighted by molar-refractivity contribution is 7.90. The first-order chi connectivity index (χ1) is 15.9. The molecule has 11 nitrogen and oxygen atoms in total. The summed E-state index contributed by atoms with van der Waals surface area (Å²) in [7, 11) is -0.228. The van der Waals surface area contributed by atoms with E-state index in [4.69, 9.17) is 19.4 Å². The van der Waals surface area contributed by atoms with Crippen LogP contribution in [0.15, 0.2) is 35.4 Å². The maximum Gasteiger partial charge on any atom is 0.490 e. The minimum atomic E-state index is -5.08. The number of rotatable bonds is 8. The molecule has 3 rings (SSSR count). The van der Waals surface area contributed by atoms with Gasteiger partial charge < -0.3 is 30.2 Å². The Labute approximate surface area is 192 Å². The molecule has 1 aromatic carbocycles. The highest BCUT2D eigenvalue weighted by Gasteiger charge is 2.38. The minimum Gasteiger partial charge on any atom is -0.495 e. The highest BCUT2D eigenvalue weighted by Crippen LogP contribution is 2.30. The number of methoxy groups -OCH3 is 2.